The third-order valence-electron chi connectivity index (χ3n) is 7.01. The standard InChI is InChI=1S/C23H20N2O2/c26-22-20-16-5-6-17(19-12-18(16)19)21(20)23(27)25(22)15-3-1-13(2-4-15)11-14-7-9-24-10-8-14/h1-10,16-21H,11-12H2/t16-,17+,18+,19-,20-,21?/m0/s1. The van der Waals surface area contributed by atoms with Crippen molar-refractivity contribution in [3.63, 3.8) is 0 Å². The Labute approximate surface area is 157 Å². The molecule has 1 saturated heterocycles. The van der Waals surface area contributed by atoms with E-state index >= 15 is 0 Å². The Balaban J connectivity index is 1.28. The van der Waals surface area contributed by atoms with Crippen LogP contribution in [-0.4, -0.2) is 16.8 Å². The molecule has 4 aliphatic carbocycles. The smallest absolute Gasteiger partial charge is 0.238 e. The highest BCUT2D eigenvalue weighted by Gasteiger charge is 2.67. The lowest BCUT2D eigenvalue weighted by Crippen LogP contribution is -2.40. The number of pyridine rings is 1. The number of rotatable bonds is 3. The monoisotopic (exact) mass is 356 g/mol. The summed E-state index contributed by atoms with van der Waals surface area (Å²) in [6, 6.07) is 11.9. The molecule has 2 aromatic rings. The average molecular weight is 356 g/mol. The fraction of sp³-hybridized carbons (Fsp3) is 0.348. The molecule has 2 saturated carbocycles. The molecule has 2 amide bonds. The highest BCUT2D eigenvalue weighted by molar-refractivity contribution is 6.22. The Morgan fingerprint density at radius 1 is 0.815 bits per heavy atom. The molecule has 1 aliphatic heterocycles. The molecule has 0 spiro atoms. The van der Waals surface area contributed by atoms with E-state index in [9.17, 15) is 9.59 Å². The molecule has 1 aromatic carbocycles. The summed E-state index contributed by atoms with van der Waals surface area (Å²) in [6.45, 7) is 0. The molecule has 4 heteroatoms. The average Bonchev–Trinajstić information content (AvgIpc) is 3.48. The Morgan fingerprint density at radius 2 is 1.37 bits per heavy atom. The first kappa shape index (κ1) is 15.3. The van der Waals surface area contributed by atoms with E-state index in [0.29, 0.717) is 17.5 Å². The Hall–Kier alpha value is -2.75. The molecule has 4 nitrogen and oxygen atoms in total. The highest BCUT2D eigenvalue weighted by atomic mass is 16.2. The minimum atomic E-state index is -0.132. The van der Waals surface area contributed by atoms with E-state index in [4.69, 9.17) is 0 Å². The van der Waals surface area contributed by atoms with Gasteiger partial charge in [-0.1, -0.05) is 24.3 Å². The Bertz CT molecular complexity index is 930. The fourth-order valence-corrected chi connectivity index (χ4v) is 5.71. The van der Waals surface area contributed by atoms with Crippen molar-refractivity contribution < 1.29 is 9.59 Å². The van der Waals surface area contributed by atoms with E-state index in [1.54, 1.807) is 12.4 Å². The van der Waals surface area contributed by atoms with Crippen LogP contribution >= 0.6 is 0 Å². The third kappa shape index (κ3) is 2.13. The summed E-state index contributed by atoms with van der Waals surface area (Å²) in [7, 11) is 0. The zero-order valence-electron chi connectivity index (χ0n) is 14.9. The summed E-state index contributed by atoms with van der Waals surface area (Å²) >= 11 is 0. The van der Waals surface area contributed by atoms with Crippen LogP contribution in [0.25, 0.3) is 0 Å². The normalized spacial score (nSPS) is 35.3. The number of benzene rings is 1. The maximum absolute atomic E-state index is 13.1. The highest BCUT2D eigenvalue weighted by Crippen LogP contribution is 2.65. The van der Waals surface area contributed by atoms with Crippen LogP contribution in [0.4, 0.5) is 5.69 Å². The van der Waals surface area contributed by atoms with Crippen LogP contribution in [0.5, 0.6) is 0 Å². The number of carbonyl (C=O) groups excluding carboxylic acids is 2. The molecule has 2 heterocycles. The van der Waals surface area contributed by atoms with Gasteiger partial charge in [0.25, 0.3) is 0 Å². The van der Waals surface area contributed by atoms with Crippen LogP contribution in [0.1, 0.15) is 17.5 Å². The van der Waals surface area contributed by atoms with Crippen LogP contribution in [-0.2, 0) is 16.0 Å². The van der Waals surface area contributed by atoms with Crippen molar-refractivity contribution in [2.24, 2.45) is 35.5 Å². The first-order valence-electron chi connectivity index (χ1n) is 9.76. The van der Waals surface area contributed by atoms with E-state index in [1.807, 2.05) is 36.4 Å². The quantitative estimate of drug-likeness (QED) is 0.627. The van der Waals surface area contributed by atoms with Gasteiger partial charge in [-0.05, 0) is 71.9 Å². The summed E-state index contributed by atoms with van der Waals surface area (Å²) in [4.78, 5) is 31.8. The van der Waals surface area contributed by atoms with Gasteiger partial charge in [0.2, 0.25) is 11.8 Å². The zero-order valence-corrected chi connectivity index (χ0v) is 14.9. The second kappa shape index (κ2) is 5.38. The second-order valence-corrected chi connectivity index (χ2v) is 8.37. The fourth-order valence-electron chi connectivity index (χ4n) is 5.71. The number of imide groups is 1. The minimum Gasteiger partial charge on any atom is -0.274 e. The molecule has 2 bridgehead atoms. The number of hydrogen-bond acceptors (Lipinski definition) is 3. The Morgan fingerprint density at radius 3 is 1.96 bits per heavy atom. The molecule has 0 radical (unpaired) electrons. The van der Waals surface area contributed by atoms with Crippen molar-refractivity contribution in [2.45, 2.75) is 12.8 Å². The predicted molar refractivity (Wildman–Crippen MR) is 101 cm³/mol. The molecule has 1 aromatic heterocycles. The van der Waals surface area contributed by atoms with E-state index in [-0.39, 0.29) is 35.5 Å². The van der Waals surface area contributed by atoms with Crippen molar-refractivity contribution in [1.29, 1.82) is 0 Å². The van der Waals surface area contributed by atoms with Crippen LogP contribution in [0, 0.1) is 35.5 Å². The number of anilines is 1. The number of aromatic nitrogens is 1. The lowest BCUT2D eigenvalue weighted by Gasteiger charge is -2.37. The summed E-state index contributed by atoms with van der Waals surface area (Å²) < 4.78 is 0. The van der Waals surface area contributed by atoms with Crippen molar-refractivity contribution >= 4 is 17.5 Å². The molecular weight excluding hydrogens is 336 g/mol. The van der Waals surface area contributed by atoms with Gasteiger partial charge in [0.05, 0.1) is 17.5 Å². The van der Waals surface area contributed by atoms with Gasteiger partial charge >= 0.3 is 0 Å². The third-order valence-corrected chi connectivity index (χ3v) is 7.01. The number of allylic oxidation sites excluding steroid dienone is 2. The molecule has 0 N–H and O–H groups in total. The van der Waals surface area contributed by atoms with Gasteiger partial charge in [-0.15, -0.1) is 0 Å². The van der Waals surface area contributed by atoms with Crippen LogP contribution in [0.15, 0.2) is 60.9 Å². The van der Waals surface area contributed by atoms with Gasteiger partial charge in [0, 0.05) is 12.4 Å². The maximum Gasteiger partial charge on any atom is 0.238 e. The van der Waals surface area contributed by atoms with Gasteiger partial charge in [-0.2, -0.15) is 0 Å². The number of nitrogens with zero attached hydrogens (tertiary/aromatic N) is 2. The van der Waals surface area contributed by atoms with Gasteiger partial charge < -0.3 is 0 Å². The predicted octanol–water partition coefficient (Wildman–Crippen LogP) is 3.23. The van der Waals surface area contributed by atoms with Crippen LogP contribution < -0.4 is 4.90 Å². The number of amides is 2. The first-order valence-corrected chi connectivity index (χ1v) is 9.76. The van der Waals surface area contributed by atoms with E-state index < -0.39 is 0 Å². The molecule has 3 fully saturated rings. The van der Waals surface area contributed by atoms with Crippen molar-refractivity contribution in [1.82, 2.24) is 4.98 Å². The molecule has 134 valence electrons. The molecule has 5 aliphatic rings. The summed E-state index contributed by atoms with van der Waals surface area (Å²) in [5.41, 5.74) is 3.06. The van der Waals surface area contributed by atoms with Crippen molar-refractivity contribution in [3.05, 3.63) is 72.1 Å². The molecule has 7 rings (SSSR count). The second-order valence-electron chi connectivity index (χ2n) is 8.37. The summed E-state index contributed by atoms with van der Waals surface area (Å²) in [6.07, 6.45) is 10.0. The van der Waals surface area contributed by atoms with Gasteiger partial charge in [-0.25, -0.2) is 0 Å². The minimum absolute atomic E-state index is 0.0107. The SMILES string of the molecule is O=C1C2[C@@H](C(=O)N1c1ccc(Cc3ccncc3)cc1)[C@H]1C=C[C@@H]2[C@@H]2C[C@H]12. The first-order chi connectivity index (χ1) is 13.2. The molecule has 6 atom stereocenters. The number of carbonyl (C=O) groups is 2. The zero-order chi connectivity index (χ0) is 18.1. The van der Waals surface area contributed by atoms with Crippen LogP contribution in [0.2, 0.25) is 0 Å². The van der Waals surface area contributed by atoms with Gasteiger partial charge in [0.1, 0.15) is 0 Å². The lowest BCUT2D eigenvalue weighted by molar-refractivity contribution is -0.124. The van der Waals surface area contributed by atoms with E-state index in [2.05, 4.69) is 17.1 Å². The topological polar surface area (TPSA) is 50.3 Å². The summed E-state index contributed by atoms with van der Waals surface area (Å²) in [5, 5.41) is 0. The van der Waals surface area contributed by atoms with Gasteiger partial charge in [0.15, 0.2) is 0 Å². The molecule has 27 heavy (non-hydrogen) atoms. The van der Waals surface area contributed by atoms with Crippen molar-refractivity contribution in [2.75, 3.05) is 4.90 Å². The maximum atomic E-state index is 13.1. The van der Waals surface area contributed by atoms with Crippen molar-refractivity contribution in [3.8, 4) is 0 Å². The van der Waals surface area contributed by atoms with E-state index in [1.165, 1.54) is 16.9 Å². The summed E-state index contributed by atoms with van der Waals surface area (Å²) in [5.74, 6) is 1.59. The number of hydrogen-bond donors (Lipinski definition) is 0. The van der Waals surface area contributed by atoms with E-state index in [0.717, 1.165) is 12.0 Å². The molecule has 1 unspecified atom stereocenters. The van der Waals surface area contributed by atoms with Crippen LogP contribution in [0.3, 0.4) is 0 Å². The van der Waals surface area contributed by atoms with Gasteiger partial charge in [-0.3, -0.25) is 19.5 Å². The lowest BCUT2D eigenvalue weighted by atomic mass is 9.63. The Kier molecular flexibility index (Phi) is 3.05. The largest absolute Gasteiger partial charge is 0.274 e. The molecular formula is C23H20N2O2.